The fourth-order valence-corrected chi connectivity index (χ4v) is 4.10. The highest BCUT2D eigenvalue weighted by molar-refractivity contribution is 14.0. The second-order valence-electron chi connectivity index (χ2n) is 7.96. The molecule has 0 atom stereocenters. The Bertz CT molecular complexity index is 1010. The van der Waals surface area contributed by atoms with Gasteiger partial charge in [-0.15, -0.1) is 24.0 Å². The number of piperazine rings is 1. The highest BCUT2D eigenvalue weighted by atomic mass is 127. The van der Waals surface area contributed by atoms with E-state index in [1.807, 2.05) is 19.2 Å². The van der Waals surface area contributed by atoms with Crippen LogP contribution >= 0.6 is 24.0 Å². The van der Waals surface area contributed by atoms with Gasteiger partial charge in [0.15, 0.2) is 5.96 Å². The van der Waals surface area contributed by atoms with Crippen molar-refractivity contribution in [2.75, 3.05) is 57.8 Å². The van der Waals surface area contributed by atoms with Crippen LogP contribution in [0.15, 0.2) is 47.7 Å². The molecule has 0 spiro atoms. The van der Waals surface area contributed by atoms with Crippen LogP contribution in [-0.4, -0.2) is 83.2 Å². The molecule has 3 aromatic rings. The zero-order valence-corrected chi connectivity index (χ0v) is 21.8. The van der Waals surface area contributed by atoms with Crippen LogP contribution in [0.4, 0.5) is 5.95 Å². The number of rotatable bonds is 8. The minimum absolute atomic E-state index is 0. The molecule has 1 aromatic carbocycles. The summed E-state index contributed by atoms with van der Waals surface area (Å²) in [5.41, 5.74) is 2.26. The van der Waals surface area contributed by atoms with Crippen molar-refractivity contribution in [3.05, 3.63) is 48.5 Å². The van der Waals surface area contributed by atoms with Crippen LogP contribution in [-0.2, 0) is 6.54 Å². The van der Waals surface area contributed by atoms with Gasteiger partial charge >= 0.3 is 0 Å². The van der Waals surface area contributed by atoms with Crippen molar-refractivity contribution < 1.29 is 0 Å². The molecule has 0 bridgehead atoms. The van der Waals surface area contributed by atoms with E-state index < -0.39 is 0 Å². The number of nitrogens with one attached hydrogen (secondary N) is 2. The summed E-state index contributed by atoms with van der Waals surface area (Å²) >= 11 is 0. The second kappa shape index (κ2) is 12.7. The molecule has 1 fully saturated rings. The molecule has 0 amide bonds. The molecular weight excluding hydrogens is 529 g/mol. The quantitative estimate of drug-likeness (QED) is 0.188. The number of para-hydroxylation sites is 2. The first-order chi connectivity index (χ1) is 15.7. The molecule has 178 valence electrons. The third-order valence-corrected chi connectivity index (χ3v) is 5.85. The number of halogens is 1. The number of aromatic nitrogens is 4. The maximum Gasteiger partial charge on any atom is 0.225 e. The van der Waals surface area contributed by atoms with Crippen LogP contribution in [0.5, 0.6) is 0 Å². The van der Waals surface area contributed by atoms with Gasteiger partial charge in [0.2, 0.25) is 5.95 Å². The number of benzene rings is 1. The van der Waals surface area contributed by atoms with Crippen LogP contribution in [0.3, 0.4) is 0 Å². The van der Waals surface area contributed by atoms with E-state index in [2.05, 4.69) is 70.1 Å². The third kappa shape index (κ3) is 6.76. The minimum atomic E-state index is 0. The van der Waals surface area contributed by atoms with Gasteiger partial charge in [0, 0.05) is 71.8 Å². The maximum absolute atomic E-state index is 4.64. The third-order valence-electron chi connectivity index (χ3n) is 5.85. The smallest absolute Gasteiger partial charge is 0.225 e. The van der Waals surface area contributed by atoms with Crippen LogP contribution < -0.4 is 15.5 Å². The van der Waals surface area contributed by atoms with Crippen molar-refractivity contribution in [3.63, 3.8) is 0 Å². The molecule has 33 heavy (non-hydrogen) atoms. The standard InChI is InChI=1S/C23H33N9.HI/c1-19-29-20-7-3-4-8-21(20)32(19)13-6-11-25-22(24-2)26-12-14-30-15-17-31(18-16-30)23-27-9-5-10-28-23;/h3-5,7-10H,6,11-18H2,1-2H3,(H2,24,25,26);1H. The first-order valence-electron chi connectivity index (χ1n) is 11.4. The molecule has 0 saturated carbocycles. The number of fused-ring (bicyclic) bond motifs is 1. The maximum atomic E-state index is 4.64. The van der Waals surface area contributed by atoms with E-state index in [0.717, 1.165) is 82.0 Å². The van der Waals surface area contributed by atoms with Gasteiger partial charge in [-0.2, -0.15) is 0 Å². The Labute approximate surface area is 212 Å². The summed E-state index contributed by atoms with van der Waals surface area (Å²) in [6.45, 7) is 9.68. The Kier molecular flexibility index (Phi) is 9.67. The molecule has 1 aliphatic heterocycles. The lowest BCUT2D eigenvalue weighted by atomic mass is 10.3. The summed E-state index contributed by atoms with van der Waals surface area (Å²) in [6.07, 6.45) is 4.61. The fourth-order valence-electron chi connectivity index (χ4n) is 4.10. The molecule has 3 heterocycles. The zero-order valence-electron chi connectivity index (χ0n) is 19.4. The summed E-state index contributed by atoms with van der Waals surface area (Å²) in [4.78, 5) is 22.4. The van der Waals surface area contributed by atoms with Gasteiger partial charge in [0.1, 0.15) is 5.82 Å². The van der Waals surface area contributed by atoms with E-state index in [9.17, 15) is 0 Å². The normalized spacial score (nSPS) is 14.8. The molecule has 1 saturated heterocycles. The van der Waals surface area contributed by atoms with Gasteiger partial charge in [-0.05, 0) is 31.5 Å². The number of imidazole rings is 1. The van der Waals surface area contributed by atoms with E-state index in [1.165, 1.54) is 5.52 Å². The molecule has 9 nitrogen and oxygen atoms in total. The van der Waals surface area contributed by atoms with Gasteiger partial charge in [-0.25, -0.2) is 15.0 Å². The van der Waals surface area contributed by atoms with Gasteiger partial charge in [-0.1, -0.05) is 12.1 Å². The van der Waals surface area contributed by atoms with Crippen molar-refractivity contribution >= 4 is 46.9 Å². The lowest BCUT2D eigenvalue weighted by Crippen LogP contribution is -2.49. The van der Waals surface area contributed by atoms with Crippen molar-refractivity contribution in [1.82, 2.24) is 35.1 Å². The molecule has 4 rings (SSSR count). The predicted molar refractivity (Wildman–Crippen MR) is 145 cm³/mol. The van der Waals surface area contributed by atoms with Crippen molar-refractivity contribution in [1.29, 1.82) is 0 Å². The minimum Gasteiger partial charge on any atom is -0.356 e. The molecule has 2 aromatic heterocycles. The highest BCUT2D eigenvalue weighted by Gasteiger charge is 2.18. The van der Waals surface area contributed by atoms with E-state index >= 15 is 0 Å². The van der Waals surface area contributed by atoms with Gasteiger partial charge in [0.25, 0.3) is 0 Å². The Morgan fingerprint density at radius 3 is 2.45 bits per heavy atom. The molecule has 1 aliphatic rings. The van der Waals surface area contributed by atoms with Crippen LogP contribution in [0.2, 0.25) is 0 Å². The number of guanidine groups is 1. The van der Waals surface area contributed by atoms with E-state index in [-0.39, 0.29) is 24.0 Å². The average Bonchev–Trinajstić information content (AvgIpc) is 3.16. The summed E-state index contributed by atoms with van der Waals surface area (Å²) in [5, 5.41) is 6.86. The SMILES string of the molecule is CN=C(NCCCn1c(C)nc2ccccc21)NCCN1CCN(c2ncccn2)CC1.I. The molecule has 0 radical (unpaired) electrons. The van der Waals surface area contributed by atoms with E-state index in [1.54, 1.807) is 12.4 Å². The number of hydrogen-bond acceptors (Lipinski definition) is 6. The fraction of sp³-hybridized carbons (Fsp3) is 0.478. The first kappa shape index (κ1) is 25.2. The zero-order chi connectivity index (χ0) is 22.2. The number of aliphatic imine (C=N–C) groups is 1. The largest absolute Gasteiger partial charge is 0.356 e. The van der Waals surface area contributed by atoms with E-state index in [4.69, 9.17) is 0 Å². The number of hydrogen-bond donors (Lipinski definition) is 2. The molecule has 0 unspecified atom stereocenters. The molecule has 0 aliphatic carbocycles. The second-order valence-corrected chi connectivity index (χ2v) is 7.96. The molecule has 2 N–H and O–H groups in total. The Balaban J connectivity index is 0.00000306. The lowest BCUT2D eigenvalue weighted by molar-refractivity contribution is 0.260. The summed E-state index contributed by atoms with van der Waals surface area (Å²) in [7, 11) is 1.82. The van der Waals surface area contributed by atoms with Gasteiger partial charge in [0.05, 0.1) is 11.0 Å². The Hall–Kier alpha value is -2.47. The summed E-state index contributed by atoms with van der Waals surface area (Å²) in [5.74, 6) is 2.75. The first-order valence-corrected chi connectivity index (χ1v) is 11.4. The van der Waals surface area contributed by atoms with Gasteiger partial charge < -0.3 is 20.1 Å². The van der Waals surface area contributed by atoms with Crippen molar-refractivity contribution in [3.8, 4) is 0 Å². The van der Waals surface area contributed by atoms with Crippen LogP contribution in [0.1, 0.15) is 12.2 Å². The Morgan fingerprint density at radius 1 is 0.970 bits per heavy atom. The average molecular weight is 563 g/mol. The predicted octanol–water partition coefficient (Wildman–Crippen LogP) is 2.13. The number of nitrogens with zero attached hydrogens (tertiary/aromatic N) is 7. The number of aryl methyl sites for hydroxylation is 2. The monoisotopic (exact) mass is 563 g/mol. The van der Waals surface area contributed by atoms with Crippen molar-refractivity contribution in [2.24, 2.45) is 4.99 Å². The lowest BCUT2D eigenvalue weighted by Gasteiger charge is -2.34. The molecule has 10 heteroatoms. The Morgan fingerprint density at radius 2 is 1.70 bits per heavy atom. The topological polar surface area (TPSA) is 86.5 Å². The molecular formula is C23H34IN9. The highest BCUT2D eigenvalue weighted by Crippen LogP contribution is 2.15. The van der Waals surface area contributed by atoms with E-state index in [0.29, 0.717) is 0 Å². The van der Waals surface area contributed by atoms with Gasteiger partial charge in [-0.3, -0.25) is 9.89 Å². The summed E-state index contributed by atoms with van der Waals surface area (Å²) in [6, 6.07) is 10.2. The van der Waals surface area contributed by atoms with Crippen molar-refractivity contribution in [2.45, 2.75) is 19.9 Å². The number of anilines is 1. The van der Waals surface area contributed by atoms with Crippen LogP contribution in [0, 0.1) is 6.92 Å². The van der Waals surface area contributed by atoms with Crippen LogP contribution in [0.25, 0.3) is 11.0 Å². The summed E-state index contributed by atoms with van der Waals surface area (Å²) < 4.78 is 2.29.